The highest BCUT2D eigenvalue weighted by Crippen LogP contribution is 2.24. The molecule has 0 saturated carbocycles. The number of ether oxygens (including phenoxy) is 1. The Bertz CT molecular complexity index is 1020. The number of esters is 1. The van der Waals surface area contributed by atoms with Gasteiger partial charge in [-0.3, -0.25) is 4.79 Å². The topological polar surface area (TPSA) is 87.8 Å². The molecular weight excluding hydrogens is 386 g/mol. The van der Waals surface area contributed by atoms with Crippen LogP contribution in [0.15, 0.2) is 35.5 Å². The summed E-state index contributed by atoms with van der Waals surface area (Å²) in [5.74, 6) is -0.248. The van der Waals surface area contributed by atoms with Gasteiger partial charge in [0.05, 0.1) is 18.1 Å². The number of hydrogen-bond donors (Lipinski definition) is 2. The number of rotatable bonds is 8. The van der Waals surface area contributed by atoms with E-state index in [0.717, 1.165) is 23.0 Å². The van der Waals surface area contributed by atoms with Crippen molar-refractivity contribution in [1.82, 2.24) is 15.0 Å². The second-order valence-electron chi connectivity index (χ2n) is 6.83. The van der Waals surface area contributed by atoms with E-state index in [1.165, 1.54) is 17.3 Å². The molecule has 3 aromatic rings. The Hall–Kier alpha value is -2.80. The lowest BCUT2D eigenvalue weighted by Gasteiger charge is -2.02. The summed E-state index contributed by atoms with van der Waals surface area (Å²) in [5, 5.41) is 0.721. The molecule has 0 aliphatic heterocycles. The first-order valence-corrected chi connectivity index (χ1v) is 10.5. The standard InChI is InChI=1S/C22H25N3O3S/c1-5-28-21(27)20-13(2)19(15(4)23-20)18(26)12-29-22-24-14(3)17(25-22)11-16-9-7-6-8-10-16/h6-10,23H,5,11-12H2,1-4H3,(H,24,25). The zero-order valence-electron chi connectivity index (χ0n) is 17.1. The quantitative estimate of drug-likeness (QED) is 0.326. The Kier molecular flexibility index (Phi) is 6.59. The van der Waals surface area contributed by atoms with E-state index in [2.05, 4.69) is 27.1 Å². The van der Waals surface area contributed by atoms with Crippen LogP contribution in [0.5, 0.6) is 0 Å². The second-order valence-corrected chi connectivity index (χ2v) is 7.80. The molecule has 7 heteroatoms. The van der Waals surface area contributed by atoms with Gasteiger partial charge in [0.1, 0.15) is 5.69 Å². The zero-order valence-corrected chi connectivity index (χ0v) is 17.9. The smallest absolute Gasteiger partial charge is 0.355 e. The normalized spacial score (nSPS) is 10.9. The molecule has 0 unspecified atom stereocenters. The summed E-state index contributed by atoms with van der Waals surface area (Å²) in [5.41, 5.74) is 5.38. The van der Waals surface area contributed by atoms with Crippen molar-refractivity contribution >= 4 is 23.5 Å². The van der Waals surface area contributed by atoms with Gasteiger partial charge in [-0.25, -0.2) is 9.78 Å². The van der Waals surface area contributed by atoms with Gasteiger partial charge in [-0.15, -0.1) is 0 Å². The second kappa shape index (κ2) is 9.13. The van der Waals surface area contributed by atoms with Crippen molar-refractivity contribution in [2.45, 2.75) is 39.3 Å². The van der Waals surface area contributed by atoms with Crippen LogP contribution in [0.3, 0.4) is 0 Å². The highest BCUT2D eigenvalue weighted by Gasteiger charge is 2.23. The van der Waals surface area contributed by atoms with Crippen molar-refractivity contribution in [3.63, 3.8) is 0 Å². The average Bonchev–Trinajstić information content (AvgIpc) is 3.19. The molecular formula is C22H25N3O3S. The number of benzene rings is 1. The van der Waals surface area contributed by atoms with Crippen molar-refractivity contribution in [3.05, 3.63) is 69.8 Å². The van der Waals surface area contributed by atoms with Crippen LogP contribution in [0, 0.1) is 20.8 Å². The number of H-pyrrole nitrogens is 2. The summed E-state index contributed by atoms with van der Waals surface area (Å²) >= 11 is 1.37. The highest BCUT2D eigenvalue weighted by molar-refractivity contribution is 7.99. The maximum absolute atomic E-state index is 12.8. The van der Waals surface area contributed by atoms with Crippen LogP contribution in [0.4, 0.5) is 0 Å². The molecule has 0 aliphatic rings. The van der Waals surface area contributed by atoms with Gasteiger partial charge in [0.25, 0.3) is 0 Å². The summed E-state index contributed by atoms with van der Waals surface area (Å²) in [6.45, 7) is 7.59. The molecule has 152 valence electrons. The van der Waals surface area contributed by atoms with Crippen LogP contribution in [0.1, 0.15) is 56.0 Å². The summed E-state index contributed by atoms with van der Waals surface area (Å²) in [4.78, 5) is 35.7. The molecule has 0 bridgehead atoms. The number of ketones is 1. The molecule has 3 rings (SSSR count). The van der Waals surface area contributed by atoms with Crippen LogP contribution < -0.4 is 0 Å². The maximum Gasteiger partial charge on any atom is 0.355 e. The molecule has 2 aromatic heterocycles. The summed E-state index contributed by atoms with van der Waals surface area (Å²) in [7, 11) is 0. The van der Waals surface area contributed by atoms with Crippen molar-refractivity contribution in [3.8, 4) is 0 Å². The van der Waals surface area contributed by atoms with Crippen LogP contribution >= 0.6 is 11.8 Å². The highest BCUT2D eigenvalue weighted by atomic mass is 32.2. The third-order valence-electron chi connectivity index (χ3n) is 4.71. The molecule has 0 aliphatic carbocycles. The third-order valence-corrected chi connectivity index (χ3v) is 5.59. The fraction of sp³-hybridized carbons (Fsp3) is 0.318. The number of aromatic amines is 2. The Morgan fingerprint density at radius 2 is 1.79 bits per heavy atom. The third kappa shape index (κ3) is 4.79. The van der Waals surface area contributed by atoms with Crippen LogP contribution in [0.2, 0.25) is 0 Å². The van der Waals surface area contributed by atoms with Gasteiger partial charge in [-0.05, 0) is 38.8 Å². The predicted molar refractivity (Wildman–Crippen MR) is 114 cm³/mol. The van der Waals surface area contributed by atoms with E-state index >= 15 is 0 Å². The Morgan fingerprint density at radius 3 is 2.48 bits per heavy atom. The number of imidazole rings is 1. The van der Waals surface area contributed by atoms with E-state index in [-0.39, 0.29) is 11.5 Å². The minimum Gasteiger partial charge on any atom is -0.461 e. The number of hydrogen-bond acceptors (Lipinski definition) is 5. The number of nitrogens with one attached hydrogen (secondary N) is 2. The summed E-state index contributed by atoms with van der Waals surface area (Å²) in [6.07, 6.45) is 0.747. The first kappa shape index (κ1) is 20.9. The molecule has 1 aromatic carbocycles. The minimum absolute atomic E-state index is 0.0459. The molecule has 2 N–H and O–H groups in total. The van der Waals surface area contributed by atoms with Gasteiger partial charge in [0.2, 0.25) is 0 Å². The molecule has 0 fully saturated rings. The lowest BCUT2D eigenvalue weighted by Crippen LogP contribution is -2.08. The molecule has 0 saturated heterocycles. The van der Waals surface area contributed by atoms with E-state index in [1.54, 1.807) is 20.8 Å². The van der Waals surface area contributed by atoms with E-state index in [9.17, 15) is 9.59 Å². The predicted octanol–water partition coefficient (Wildman–Crippen LogP) is 4.41. The largest absolute Gasteiger partial charge is 0.461 e. The van der Waals surface area contributed by atoms with Gasteiger partial charge in [-0.1, -0.05) is 42.1 Å². The Labute approximate surface area is 174 Å². The van der Waals surface area contributed by atoms with E-state index < -0.39 is 5.97 Å². The fourth-order valence-electron chi connectivity index (χ4n) is 3.28. The molecule has 6 nitrogen and oxygen atoms in total. The number of carbonyl (C=O) groups excluding carboxylic acids is 2. The van der Waals surface area contributed by atoms with Gasteiger partial charge in [0.15, 0.2) is 10.9 Å². The Morgan fingerprint density at radius 1 is 1.07 bits per heavy atom. The molecule has 0 radical (unpaired) electrons. The SMILES string of the molecule is CCOC(=O)c1[nH]c(C)c(C(=O)CSc2nc(Cc3ccccc3)c(C)[nH]2)c1C. The van der Waals surface area contributed by atoms with Crippen LogP contribution in [-0.2, 0) is 11.2 Å². The number of nitrogens with zero attached hydrogens (tertiary/aromatic N) is 1. The number of carbonyl (C=O) groups is 2. The number of aromatic nitrogens is 3. The van der Waals surface area contributed by atoms with E-state index in [1.807, 2.05) is 25.1 Å². The number of Topliss-reactive ketones (excluding diaryl/α,β-unsaturated/α-hetero) is 1. The van der Waals surface area contributed by atoms with Crippen LogP contribution in [0.25, 0.3) is 0 Å². The van der Waals surface area contributed by atoms with Gasteiger partial charge >= 0.3 is 5.97 Å². The molecule has 29 heavy (non-hydrogen) atoms. The van der Waals surface area contributed by atoms with Gasteiger partial charge < -0.3 is 14.7 Å². The lowest BCUT2D eigenvalue weighted by atomic mass is 10.1. The van der Waals surface area contributed by atoms with Crippen LogP contribution in [-0.4, -0.2) is 39.1 Å². The van der Waals surface area contributed by atoms with E-state index in [4.69, 9.17) is 4.74 Å². The molecule has 0 amide bonds. The van der Waals surface area contributed by atoms with Gasteiger partial charge in [0, 0.05) is 23.4 Å². The summed E-state index contributed by atoms with van der Waals surface area (Å²) in [6, 6.07) is 10.2. The van der Waals surface area contributed by atoms with Crippen molar-refractivity contribution < 1.29 is 14.3 Å². The van der Waals surface area contributed by atoms with Crippen molar-refractivity contribution in [2.24, 2.45) is 0 Å². The van der Waals surface area contributed by atoms with Crippen molar-refractivity contribution in [2.75, 3.05) is 12.4 Å². The molecule has 0 atom stereocenters. The van der Waals surface area contributed by atoms with E-state index in [0.29, 0.717) is 29.1 Å². The molecule has 2 heterocycles. The fourth-order valence-corrected chi connectivity index (χ4v) is 4.09. The monoisotopic (exact) mass is 411 g/mol. The first-order valence-electron chi connectivity index (χ1n) is 9.52. The number of thioether (sulfide) groups is 1. The van der Waals surface area contributed by atoms with Crippen molar-refractivity contribution in [1.29, 1.82) is 0 Å². The maximum atomic E-state index is 12.8. The molecule has 0 spiro atoms. The zero-order chi connectivity index (χ0) is 21.0. The van der Waals surface area contributed by atoms with Gasteiger partial charge in [-0.2, -0.15) is 0 Å². The summed E-state index contributed by atoms with van der Waals surface area (Å²) < 4.78 is 5.05. The average molecular weight is 412 g/mol. The number of aryl methyl sites for hydroxylation is 2. The Balaban J connectivity index is 1.69. The lowest BCUT2D eigenvalue weighted by molar-refractivity contribution is 0.0519. The minimum atomic E-state index is -0.438. The first-order chi connectivity index (χ1) is 13.9.